The second kappa shape index (κ2) is 3.05. The van der Waals surface area contributed by atoms with Gasteiger partial charge in [-0.3, -0.25) is 0 Å². The molecule has 1 nitrogen and oxygen atoms in total. The third kappa shape index (κ3) is 1.49. The Kier molecular flexibility index (Phi) is 2.57. The van der Waals surface area contributed by atoms with Gasteiger partial charge in [0.15, 0.2) is 0 Å². The molecule has 1 radical (unpaired) electrons. The first-order valence-electron chi connectivity index (χ1n) is 3.67. The van der Waals surface area contributed by atoms with Gasteiger partial charge in [0.2, 0.25) is 0 Å². The number of piperidine rings is 3. The molecule has 0 atom stereocenters. The Morgan fingerprint density at radius 2 is 1.33 bits per heavy atom. The SMILES string of the molecule is C1CN2CCC1CC2.[Cu]. The molecule has 0 aliphatic carbocycles. The van der Waals surface area contributed by atoms with E-state index in [-0.39, 0.29) is 17.1 Å². The molecule has 0 aromatic carbocycles. The Morgan fingerprint density at radius 1 is 0.889 bits per heavy atom. The van der Waals surface area contributed by atoms with Gasteiger partial charge in [0.1, 0.15) is 0 Å². The minimum atomic E-state index is 0. The van der Waals surface area contributed by atoms with Crippen molar-refractivity contribution in [2.24, 2.45) is 5.92 Å². The fourth-order valence-electron chi connectivity index (χ4n) is 1.86. The molecule has 0 N–H and O–H groups in total. The summed E-state index contributed by atoms with van der Waals surface area (Å²) in [7, 11) is 0. The van der Waals surface area contributed by atoms with Crippen molar-refractivity contribution < 1.29 is 17.1 Å². The summed E-state index contributed by atoms with van der Waals surface area (Å²) in [4.78, 5) is 2.58. The molecule has 0 amide bonds. The van der Waals surface area contributed by atoms with Crippen molar-refractivity contribution in [3.63, 3.8) is 0 Å². The fraction of sp³-hybridized carbons (Fsp3) is 1.00. The van der Waals surface area contributed by atoms with E-state index >= 15 is 0 Å². The normalized spacial score (nSPS) is 40.0. The van der Waals surface area contributed by atoms with Gasteiger partial charge in [0.25, 0.3) is 0 Å². The maximum Gasteiger partial charge on any atom is 0 e. The number of hydrogen-bond acceptors (Lipinski definition) is 1. The molecule has 0 aromatic rings. The van der Waals surface area contributed by atoms with E-state index in [1.165, 1.54) is 38.9 Å². The second-order valence-electron chi connectivity index (χ2n) is 3.07. The molecule has 57 valence electrons. The first kappa shape index (κ1) is 7.58. The standard InChI is InChI=1S/C7H13N.Cu/c1-4-8-5-2-7(1)3-6-8;/h7H,1-6H2;. The van der Waals surface area contributed by atoms with Gasteiger partial charge in [-0.15, -0.1) is 0 Å². The molecular weight excluding hydrogens is 162 g/mol. The number of rotatable bonds is 0. The van der Waals surface area contributed by atoms with Crippen molar-refractivity contribution in [3.05, 3.63) is 0 Å². The Bertz CT molecular complexity index is 63.9. The molecule has 0 saturated carbocycles. The van der Waals surface area contributed by atoms with Gasteiger partial charge in [-0.2, -0.15) is 0 Å². The van der Waals surface area contributed by atoms with Gasteiger partial charge < -0.3 is 4.90 Å². The summed E-state index contributed by atoms with van der Waals surface area (Å²) in [5.74, 6) is 1.11. The molecule has 3 fully saturated rings. The molecule has 2 bridgehead atoms. The van der Waals surface area contributed by atoms with Crippen LogP contribution in [0.15, 0.2) is 0 Å². The molecule has 3 saturated heterocycles. The fourth-order valence-corrected chi connectivity index (χ4v) is 1.86. The van der Waals surface area contributed by atoms with Gasteiger partial charge in [0, 0.05) is 17.1 Å². The molecule has 3 rings (SSSR count). The molecule has 0 spiro atoms. The Labute approximate surface area is 67.3 Å². The number of fused-ring (bicyclic) bond motifs is 3. The summed E-state index contributed by atoms with van der Waals surface area (Å²) >= 11 is 0. The van der Waals surface area contributed by atoms with Crippen LogP contribution in [0.25, 0.3) is 0 Å². The van der Waals surface area contributed by atoms with Crippen molar-refractivity contribution in [3.8, 4) is 0 Å². The molecule has 0 unspecified atom stereocenters. The maximum atomic E-state index is 2.58. The third-order valence-electron chi connectivity index (χ3n) is 2.56. The van der Waals surface area contributed by atoms with Gasteiger partial charge in [-0.25, -0.2) is 0 Å². The minimum Gasteiger partial charge on any atom is -0.303 e. The second-order valence-corrected chi connectivity index (χ2v) is 3.07. The zero-order chi connectivity index (χ0) is 5.40. The zero-order valence-corrected chi connectivity index (χ0v) is 6.51. The predicted octanol–water partition coefficient (Wildman–Crippen LogP) is 1.10. The summed E-state index contributed by atoms with van der Waals surface area (Å²) < 4.78 is 0. The smallest absolute Gasteiger partial charge is 0 e. The largest absolute Gasteiger partial charge is 0.303 e. The van der Waals surface area contributed by atoms with Crippen LogP contribution in [0.1, 0.15) is 19.3 Å². The molecule has 3 heterocycles. The first-order chi connectivity index (χ1) is 3.95. The van der Waals surface area contributed by atoms with Gasteiger partial charge in [0.05, 0.1) is 0 Å². The van der Waals surface area contributed by atoms with E-state index < -0.39 is 0 Å². The summed E-state index contributed by atoms with van der Waals surface area (Å²) in [6.07, 6.45) is 4.46. The van der Waals surface area contributed by atoms with E-state index in [2.05, 4.69) is 4.90 Å². The number of hydrogen-bond donors (Lipinski definition) is 0. The molecule has 0 aromatic heterocycles. The van der Waals surface area contributed by atoms with Crippen LogP contribution in [-0.4, -0.2) is 24.5 Å². The monoisotopic (exact) mass is 174 g/mol. The minimum absolute atomic E-state index is 0. The van der Waals surface area contributed by atoms with Crippen LogP contribution in [0.4, 0.5) is 0 Å². The van der Waals surface area contributed by atoms with Gasteiger partial charge in [-0.1, -0.05) is 0 Å². The quantitative estimate of drug-likeness (QED) is 0.498. The van der Waals surface area contributed by atoms with E-state index in [9.17, 15) is 0 Å². The van der Waals surface area contributed by atoms with Crippen LogP contribution in [0.3, 0.4) is 0 Å². The maximum absolute atomic E-state index is 2.58. The van der Waals surface area contributed by atoms with Crippen molar-refractivity contribution in [1.29, 1.82) is 0 Å². The Morgan fingerprint density at radius 3 is 1.44 bits per heavy atom. The average molecular weight is 175 g/mol. The van der Waals surface area contributed by atoms with Crippen LogP contribution in [0.2, 0.25) is 0 Å². The summed E-state index contributed by atoms with van der Waals surface area (Å²) in [5, 5.41) is 0. The van der Waals surface area contributed by atoms with Crippen molar-refractivity contribution in [2.45, 2.75) is 19.3 Å². The van der Waals surface area contributed by atoms with E-state index in [0.717, 1.165) is 5.92 Å². The van der Waals surface area contributed by atoms with Crippen LogP contribution in [-0.2, 0) is 17.1 Å². The molecule has 3 aliphatic heterocycles. The predicted molar refractivity (Wildman–Crippen MR) is 33.8 cm³/mol. The Hall–Kier alpha value is 0.479. The third-order valence-corrected chi connectivity index (χ3v) is 2.56. The van der Waals surface area contributed by atoms with Crippen molar-refractivity contribution in [2.75, 3.05) is 19.6 Å². The van der Waals surface area contributed by atoms with Gasteiger partial charge >= 0.3 is 0 Å². The molecule has 2 heteroatoms. The molecular formula is C7H13CuN. The molecule has 3 aliphatic rings. The van der Waals surface area contributed by atoms with Crippen LogP contribution >= 0.6 is 0 Å². The summed E-state index contributed by atoms with van der Waals surface area (Å²) in [6, 6.07) is 0. The molecule has 9 heavy (non-hydrogen) atoms. The number of nitrogens with zero attached hydrogens (tertiary/aromatic N) is 1. The summed E-state index contributed by atoms with van der Waals surface area (Å²) in [6.45, 7) is 4.18. The van der Waals surface area contributed by atoms with Gasteiger partial charge in [-0.05, 0) is 44.8 Å². The summed E-state index contributed by atoms with van der Waals surface area (Å²) in [5.41, 5.74) is 0. The topological polar surface area (TPSA) is 3.24 Å². The zero-order valence-electron chi connectivity index (χ0n) is 5.57. The van der Waals surface area contributed by atoms with E-state index in [1.54, 1.807) is 0 Å². The Balaban J connectivity index is 0.000000405. The average Bonchev–Trinajstić information content (AvgIpc) is 1.92. The van der Waals surface area contributed by atoms with Crippen molar-refractivity contribution >= 4 is 0 Å². The van der Waals surface area contributed by atoms with Crippen LogP contribution in [0.5, 0.6) is 0 Å². The van der Waals surface area contributed by atoms with Crippen LogP contribution < -0.4 is 0 Å². The van der Waals surface area contributed by atoms with Crippen LogP contribution in [0, 0.1) is 5.92 Å². The van der Waals surface area contributed by atoms with E-state index in [1.807, 2.05) is 0 Å². The van der Waals surface area contributed by atoms with E-state index in [4.69, 9.17) is 0 Å². The van der Waals surface area contributed by atoms with Crippen molar-refractivity contribution in [1.82, 2.24) is 4.90 Å². The van der Waals surface area contributed by atoms with E-state index in [0.29, 0.717) is 0 Å². The first-order valence-corrected chi connectivity index (χ1v) is 3.67.